The van der Waals surface area contributed by atoms with E-state index >= 15 is 0 Å². The number of hydrogen-bond acceptors (Lipinski definition) is 3. The van der Waals surface area contributed by atoms with Gasteiger partial charge in [-0.25, -0.2) is 8.42 Å². The van der Waals surface area contributed by atoms with Gasteiger partial charge in [0.25, 0.3) is 0 Å². The Morgan fingerprint density at radius 3 is 2.22 bits per heavy atom. The Morgan fingerprint density at radius 2 is 1.70 bits per heavy atom. The van der Waals surface area contributed by atoms with Crippen molar-refractivity contribution in [1.82, 2.24) is 4.90 Å². The number of hydrogen-bond donors (Lipinski definition) is 0. The lowest BCUT2D eigenvalue weighted by Crippen LogP contribution is -2.44. The molecule has 1 aromatic carbocycles. The number of carbonyl (C=O) groups is 1. The summed E-state index contributed by atoms with van der Waals surface area (Å²) < 4.78 is 25.1. The predicted molar refractivity (Wildman–Crippen MR) is 92.7 cm³/mol. The van der Waals surface area contributed by atoms with E-state index in [-0.39, 0.29) is 22.8 Å². The van der Waals surface area contributed by atoms with Crippen LogP contribution in [0, 0.1) is 5.92 Å². The number of likely N-dealkylation sites (tertiary alicyclic amines) is 1. The minimum atomic E-state index is -3.15. The van der Waals surface area contributed by atoms with Crippen molar-refractivity contribution in [3.05, 3.63) is 35.9 Å². The van der Waals surface area contributed by atoms with Crippen molar-refractivity contribution in [2.24, 2.45) is 5.92 Å². The summed E-state index contributed by atoms with van der Waals surface area (Å²) >= 11 is 0. The Labute approximate surface area is 139 Å². The first-order valence-electron chi connectivity index (χ1n) is 8.52. The molecule has 1 aliphatic rings. The molecule has 1 amide bonds. The Bertz CT molecular complexity index is 600. The molecule has 1 aliphatic heterocycles. The highest BCUT2D eigenvalue weighted by atomic mass is 32.2. The van der Waals surface area contributed by atoms with Crippen molar-refractivity contribution < 1.29 is 13.2 Å². The standard InChI is InChI=1S/C18H27NO3S/c1-3-16(4-2)18(20)19-12-10-17(11-13-19)23(21,22)14-15-8-6-5-7-9-15/h5-9,16-17H,3-4,10-14H2,1-2H3. The number of piperidine rings is 1. The molecule has 5 heteroatoms. The highest BCUT2D eigenvalue weighted by Crippen LogP contribution is 2.23. The Kier molecular flexibility index (Phi) is 6.22. The van der Waals surface area contributed by atoms with Crippen LogP contribution >= 0.6 is 0 Å². The van der Waals surface area contributed by atoms with Crippen molar-refractivity contribution in [2.75, 3.05) is 13.1 Å². The summed E-state index contributed by atoms with van der Waals surface area (Å²) in [5.41, 5.74) is 0.836. The van der Waals surface area contributed by atoms with Gasteiger partial charge >= 0.3 is 0 Å². The van der Waals surface area contributed by atoms with Crippen LogP contribution in [0.25, 0.3) is 0 Å². The molecular weight excluding hydrogens is 310 g/mol. The number of carbonyl (C=O) groups excluding carboxylic acids is 1. The van der Waals surface area contributed by atoms with E-state index in [1.807, 2.05) is 49.1 Å². The number of benzene rings is 1. The van der Waals surface area contributed by atoms with Gasteiger partial charge in [-0.1, -0.05) is 44.2 Å². The molecule has 0 radical (unpaired) electrons. The van der Waals surface area contributed by atoms with Gasteiger partial charge in [0.2, 0.25) is 5.91 Å². The van der Waals surface area contributed by atoms with E-state index in [0.717, 1.165) is 18.4 Å². The monoisotopic (exact) mass is 337 g/mol. The third-order valence-corrected chi connectivity index (χ3v) is 7.03. The minimum Gasteiger partial charge on any atom is -0.342 e. The van der Waals surface area contributed by atoms with Crippen molar-refractivity contribution >= 4 is 15.7 Å². The molecule has 0 spiro atoms. The zero-order valence-corrected chi connectivity index (χ0v) is 14.9. The Hall–Kier alpha value is -1.36. The molecule has 0 N–H and O–H groups in total. The molecular formula is C18H27NO3S. The van der Waals surface area contributed by atoms with Crippen molar-refractivity contribution in [3.63, 3.8) is 0 Å². The largest absolute Gasteiger partial charge is 0.342 e. The fraction of sp³-hybridized carbons (Fsp3) is 0.611. The maximum absolute atomic E-state index is 12.6. The molecule has 0 atom stereocenters. The Balaban J connectivity index is 1.94. The molecule has 2 rings (SSSR count). The summed E-state index contributed by atoms with van der Waals surface area (Å²) in [6.45, 7) is 5.19. The van der Waals surface area contributed by atoms with Crippen LogP contribution in [0.15, 0.2) is 30.3 Å². The second-order valence-corrected chi connectivity index (χ2v) is 8.61. The van der Waals surface area contributed by atoms with Gasteiger partial charge in [0.15, 0.2) is 9.84 Å². The number of nitrogens with zero attached hydrogens (tertiary/aromatic N) is 1. The Morgan fingerprint density at radius 1 is 1.13 bits per heavy atom. The van der Waals surface area contributed by atoms with Crippen LogP contribution in [0.5, 0.6) is 0 Å². The van der Waals surface area contributed by atoms with E-state index < -0.39 is 9.84 Å². The predicted octanol–water partition coefficient (Wildman–Crippen LogP) is 3.03. The first kappa shape index (κ1) is 18.0. The second kappa shape index (κ2) is 7.95. The average molecular weight is 337 g/mol. The molecule has 0 aliphatic carbocycles. The van der Waals surface area contributed by atoms with E-state index in [1.54, 1.807) is 0 Å². The van der Waals surface area contributed by atoms with Gasteiger partial charge in [-0.2, -0.15) is 0 Å². The van der Waals surface area contributed by atoms with E-state index in [4.69, 9.17) is 0 Å². The van der Waals surface area contributed by atoms with Crippen LogP contribution in [0.3, 0.4) is 0 Å². The van der Waals surface area contributed by atoms with Gasteiger partial charge in [0.05, 0.1) is 11.0 Å². The fourth-order valence-corrected chi connectivity index (χ4v) is 5.08. The highest BCUT2D eigenvalue weighted by Gasteiger charge is 2.32. The minimum absolute atomic E-state index is 0.0764. The smallest absolute Gasteiger partial charge is 0.225 e. The normalized spacial score (nSPS) is 16.7. The SMILES string of the molecule is CCC(CC)C(=O)N1CCC(S(=O)(=O)Cc2ccccc2)CC1. The second-order valence-electron chi connectivity index (χ2n) is 6.33. The van der Waals surface area contributed by atoms with Crippen LogP contribution < -0.4 is 0 Å². The van der Waals surface area contributed by atoms with Gasteiger partial charge in [0.1, 0.15) is 0 Å². The molecule has 0 bridgehead atoms. The van der Waals surface area contributed by atoms with Crippen molar-refractivity contribution in [3.8, 4) is 0 Å². The maximum Gasteiger partial charge on any atom is 0.225 e. The lowest BCUT2D eigenvalue weighted by atomic mass is 10.00. The van der Waals surface area contributed by atoms with E-state index in [1.165, 1.54) is 0 Å². The molecule has 0 unspecified atom stereocenters. The lowest BCUT2D eigenvalue weighted by Gasteiger charge is -2.33. The number of rotatable bonds is 6. The van der Waals surface area contributed by atoms with Gasteiger partial charge in [-0.3, -0.25) is 4.79 Å². The topological polar surface area (TPSA) is 54.5 Å². The molecule has 1 aromatic rings. The van der Waals surface area contributed by atoms with Gasteiger partial charge in [0, 0.05) is 19.0 Å². The first-order chi connectivity index (χ1) is 11.0. The summed E-state index contributed by atoms with van der Waals surface area (Å²) in [6, 6.07) is 9.31. The van der Waals surface area contributed by atoms with Crippen LogP contribution in [0.2, 0.25) is 0 Å². The summed E-state index contributed by atoms with van der Waals surface area (Å²) in [7, 11) is -3.15. The third kappa shape index (κ3) is 4.56. The molecule has 4 nitrogen and oxygen atoms in total. The van der Waals surface area contributed by atoms with Gasteiger partial charge in [-0.05, 0) is 31.2 Å². The fourth-order valence-electron chi connectivity index (χ4n) is 3.26. The van der Waals surface area contributed by atoms with Crippen molar-refractivity contribution in [1.29, 1.82) is 0 Å². The van der Waals surface area contributed by atoms with Crippen LogP contribution in [-0.4, -0.2) is 37.6 Å². The molecule has 128 valence electrons. The number of amides is 1. The molecule has 23 heavy (non-hydrogen) atoms. The van der Waals surface area contributed by atoms with Crippen LogP contribution in [0.4, 0.5) is 0 Å². The van der Waals surface area contributed by atoms with Gasteiger partial charge in [-0.15, -0.1) is 0 Å². The van der Waals surface area contributed by atoms with Crippen LogP contribution in [-0.2, 0) is 20.4 Å². The highest BCUT2D eigenvalue weighted by molar-refractivity contribution is 7.91. The van der Waals surface area contributed by atoms with Crippen LogP contribution in [0.1, 0.15) is 45.1 Å². The molecule has 1 saturated heterocycles. The van der Waals surface area contributed by atoms with E-state index in [0.29, 0.717) is 25.9 Å². The quantitative estimate of drug-likeness (QED) is 0.802. The van der Waals surface area contributed by atoms with E-state index in [9.17, 15) is 13.2 Å². The first-order valence-corrected chi connectivity index (χ1v) is 10.2. The lowest BCUT2D eigenvalue weighted by molar-refractivity contribution is -0.136. The molecule has 0 saturated carbocycles. The zero-order valence-electron chi connectivity index (χ0n) is 14.1. The summed E-state index contributed by atoms with van der Waals surface area (Å²) in [5, 5.41) is -0.326. The molecule has 1 heterocycles. The molecule has 1 fully saturated rings. The average Bonchev–Trinajstić information content (AvgIpc) is 2.56. The zero-order chi connectivity index (χ0) is 16.9. The number of sulfone groups is 1. The third-order valence-electron chi connectivity index (χ3n) is 4.81. The summed E-state index contributed by atoms with van der Waals surface area (Å²) in [5.74, 6) is 0.361. The van der Waals surface area contributed by atoms with Gasteiger partial charge < -0.3 is 4.90 Å². The maximum atomic E-state index is 12.6. The van der Waals surface area contributed by atoms with Crippen molar-refractivity contribution in [2.45, 2.75) is 50.5 Å². The van der Waals surface area contributed by atoms with E-state index in [2.05, 4.69) is 0 Å². The molecule has 0 aromatic heterocycles. The summed E-state index contributed by atoms with van der Waals surface area (Å²) in [4.78, 5) is 14.2. The summed E-state index contributed by atoms with van der Waals surface area (Å²) in [6.07, 6.45) is 2.81.